The number of benzene rings is 2. The van der Waals surface area contributed by atoms with E-state index in [4.69, 9.17) is 0 Å². The third-order valence-corrected chi connectivity index (χ3v) is 3.29. The van der Waals surface area contributed by atoms with Gasteiger partial charge in [0.1, 0.15) is 28.7 Å². The van der Waals surface area contributed by atoms with E-state index in [2.05, 4.69) is 9.47 Å². The molecule has 2 nitrogen and oxygen atoms in total. The molecule has 0 aromatic heterocycles. The lowest BCUT2D eigenvalue weighted by Gasteiger charge is -2.20. The minimum absolute atomic E-state index is 0.0604. The van der Waals surface area contributed by atoms with Crippen molar-refractivity contribution in [3.8, 4) is 11.5 Å². The summed E-state index contributed by atoms with van der Waals surface area (Å²) in [6.45, 7) is 1.78. The zero-order valence-electron chi connectivity index (χ0n) is 13.5. The number of rotatable bonds is 7. The third-order valence-electron chi connectivity index (χ3n) is 3.29. The SMILES string of the molecule is CCCc1cc(F)c(C(F)(F)Oc2ccc(OC=C(F)F)cc2)c(F)c1. The van der Waals surface area contributed by atoms with Crippen molar-refractivity contribution in [1.29, 1.82) is 0 Å². The summed E-state index contributed by atoms with van der Waals surface area (Å²) in [5, 5.41) is 0. The van der Waals surface area contributed by atoms with E-state index in [9.17, 15) is 26.3 Å². The highest BCUT2D eigenvalue weighted by atomic mass is 19.3. The van der Waals surface area contributed by atoms with Crippen LogP contribution < -0.4 is 9.47 Å². The summed E-state index contributed by atoms with van der Waals surface area (Å²) >= 11 is 0. The molecular formula is C18H14F6O2. The van der Waals surface area contributed by atoms with Gasteiger partial charge >= 0.3 is 12.2 Å². The molecule has 0 radical (unpaired) electrons. The first-order valence-corrected chi connectivity index (χ1v) is 7.56. The zero-order valence-corrected chi connectivity index (χ0v) is 13.5. The van der Waals surface area contributed by atoms with Gasteiger partial charge in [0.05, 0.1) is 0 Å². The molecule has 0 bridgehead atoms. The van der Waals surface area contributed by atoms with E-state index in [1.807, 2.05) is 0 Å². The molecule has 2 aromatic rings. The Labute approximate surface area is 145 Å². The van der Waals surface area contributed by atoms with Crippen molar-refractivity contribution in [2.75, 3.05) is 0 Å². The number of aryl methyl sites for hydroxylation is 1. The molecule has 0 atom stereocenters. The van der Waals surface area contributed by atoms with E-state index in [0.29, 0.717) is 12.8 Å². The lowest BCUT2D eigenvalue weighted by molar-refractivity contribution is -0.189. The van der Waals surface area contributed by atoms with Gasteiger partial charge in [0.25, 0.3) is 0 Å². The summed E-state index contributed by atoms with van der Waals surface area (Å²) in [4.78, 5) is 0. The molecule has 0 aliphatic rings. The van der Waals surface area contributed by atoms with Crippen LogP contribution in [0.25, 0.3) is 0 Å². The summed E-state index contributed by atoms with van der Waals surface area (Å²) < 4.78 is 89.1. The molecule has 0 aliphatic carbocycles. The van der Waals surface area contributed by atoms with Gasteiger partial charge in [0.2, 0.25) is 0 Å². The maximum absolute atomic E-state index is 14.2. The average Bonchev–Trinajstić information content (AvgIpc) is 2.53. The summed E-state index contributed by atoms with van der Waals surface area (Å²) in [6, 6.07) is 5.84. The molecule has 8 heteroatoms. The summed E-state index contributed by atoms with van der Waals surface area (Å²) in [7, 11) is 0. The van der Waals surface area contributed by atoms with E-state index in [1.54, 1.807) is 6.92 Å². The van der Waals surface area contributed by atoms with Crippen LogP contribution in [-0.2, 0) is 12.5 Å². The highest BCUT2D eigenvalue weighted by Gasteiger charge is 2.41. The van der Waals surface area contributed by atoms with Gasteiger partial charge in [0.15, 0.2) is 6.26 Å². The fourth-order valence-corrected chi connectivity index (χ4v) is 2.23. The van der Waals surface area contributed by atoms with Crippen molar-refractivity contribution in [3.05, 3.63) is 71.5 Å². The van der Waals surface area contributed by atoms with Crippen molar-refractivity contribution in [2.45, 2.75) is 25.9 Å². The minimum atomic E-state index is -4.27. The van der Waals surface area contributed by atoms with Gasteiger partial charge in [-0.05, 0) is 48.4 Å². The molecule has 0 saturated carbocycles. The molecule has 2 rings (SSSR count). The fourth-order valence-electron chi connectivity index (χ4n) is 2.23. The summed E-state index contributed by atoms with van der Waals surface area (Å²) in [5.41, 5.74) is -1.24. The van der Waals surface area contributed by atoms with Gasteiger partial charge in [-0.15, -0.1) is 0 Å². The predicted octanol–water partition coefficient (Wildman–Crippen LogP) is 6.16. The number of ether oxygens (including phenoxy) is 2. The van der Waals surface area contributed by atoms with Crippen molar-refractivity contribution < 1.29 is 35.8 Å². The second-order valence-electron chi connectivity index (χ2n) is 5.30. The standard InChI is InChI=1S/C18H14F6O2/c1-2-3-11-8-14(19)17(15(20)9-11)18(23,24)26-13-6-4-12(5-7-13)25-10-16(21)22/h4-10H,2-3H2,1H3. The first kappa shape index (κ1) is 19.7. The van der Waals surface area contributed by atoms with E-state index < -0.39 is 35.1 Å². The van der Waals surface area contributed by atoms with Crippen LogP contribution in [0.4, 0.5) is 26.3 Å². The van der Waals surface area contributed by atoms with Gasteiger partial charge in [-0.3, -0.25) is 0 Å². The zero-order chi connectivity index (χ0) is 19.3. The monoisotopic (exact) mass is 376 g/mol. The third kappa shape index (κ3) is 4.93. The highest BCUT2D eigenvalue weighted by Crippen LogP contribution is 2.36. The van der Waals surface area contributed by atoms with E-state index in [0.717, 1.165) is 36.4 Å². The highest BCUT2D eigenvalue weighted by molar-refractivity contribution is 5.34. The second kappa shape index (κ2) is 8.16. The van der Waals surface area contributed by atoms with Crippen molar-refractivity contribution in [3.63, 3.8) is 0 Å². The Morgan fingerprint density at radius 1 is 1.00 bits per heavy atom. The van der Waals surface area contributed by atoms with Gasteiger partial charge in [-0.2, -0.15) is 17.6 Å². The van der Waals surface area contributed by atoms with Gasteiger partial charge in [0, 0.05) is 0 Å². The Balaban J connectivity index is 2.21. The van der Waals surface area contributed by atoms with Crippen LogP contribution in [0.1, 0.15) is 24.5 Å². The largest absolute Gasteiger partial charge is 0.459 e. The quantitative estimate of drug-likeness (QED) is 0.425. The minimum Gasteiger partial charge on any atom is -0.459 e. The molecule has 0 fully saturated rings. The van der Waals surface area contributed by atoms with Gasteiger partial charge in [-0.1, -0.05) is 13.3 Å². The van der Waals surface area contributed by atoms with Crippen LogP contribution in [-0.4, -0.2) is 0 Å². The normalized spacial score (nSPS) is 11.2. The predicted molar refractivity (Wildman–Crippen MR) is 82.2 cm³/mol. The van der Waals surface area contributed by atoms with Gasteiger partial charge < -0.3 is 9.47 Å². The number of hydrogen-bond acceptors (Lipinski definition) is 2. The summed E-state index contributed by atoms with van der Waals surface area (Å²) in [5.74, 6) is -3.32. The smallest absolute Gasteiger partial charge is 0.432 e. The van der Waals surface area contributed by atoms with E-state index >= 15 is 0 Å². The Hall–Kier alpha value is -2.64. The van der Waals surface area contributed by atoms with Crippen molar-refractivity contribution in [1.82, 2.24) is 0 Å². The van der Waals surface area contributed by atoms with Crippen LogP contribution in [0.3, 0.4) is 0 Å². The topological polar surface area (TPSA) is 18.5 Å². The van der Waals surface area contributed by atoms with E-state index in [1.165, 1.54) is 0 Å². The van der Waals surface area contributed by atoms with Crippen molar-refractivity contribution in [2.24, 2.45) is 0 Å². The first-order chi connectivity index (χ1) is 12.2. The average molecular weight is 376 g/mol. The Morgan fingerprint density at radius 2 is 1.54 bits per heavy atom. The molecule has 2 aromatic carbocycles. The number of halogens is 6. The molecule has 0 amide bonds. The van der Waals surface area contributed by atoms with Crippen LogP contribution in [0.5, 0.6) is 11.5 Å². The van der Waals surface area contributed by atoms with Crippen molar-refractivity contribution >= 4 is 0 Å². The lowest BCUT2D eigenvalue weighted by Crippen LogP contribution is -2.25. The Morgan fingerprint density at radius 3 is 2.04 bits per heavy atom. The first-order valence-electron chi connectivity index (χ1n) is 7.56. The molecule has 0 spiro atoms. The molecular weight excluding hydrogens is 362 g/mol. The molecule has 0 N–H and O–H groups in total. The second-order valence-corrected chi connectivity index (χ2v) is 5.30. The Kier molecular flexibility index (Phi) is 6.18. The maximum atomic E-state index is 14.2. The molecule has 0 saturated heterocycles. The number of hydrogen-bond donors (Lipinski definition) is 0. The Bertz CT molecular complexity index is 760. The molecule has 0 unspecified atom stereocenters. The summed E-state index contributed by atoms with van der Waals surface area (Å²) in [6.07, 6.45) is -5.23. The van der Waals surface area contributed by atoms with Crippen LogP contribution in [0.15, 0.2) is 48.7 Å². The molecule has 140 valence electrons. The molecule has 26 heavy (non-hydrogen) atoms. The molecule has 0 aliphatic heterocycles. The van der Waals surface area contributed by atoms with Gasteiger partial charge in [-0.25, -0.2) is 8.78 Å². The van der Waals surface area contributed by atoms with Crippen LogP contribution in [0, 0.1) is 11.6 Å². The van der Waals surface area contributed by atoms with Crippen LogP contribution in [0.2, 0.25) is 0 Å². The fraction of sp³-hybridized carbons (Fsp3) is 0.222. The number of alkyl halides is 2. The van der Waals surface area contributed by atoms with Crippen LogP contribution >= 0.6 is 0 Å². The lowest BCUT2D eigenvalue weighted by atomic mass is 10.1. The molecule has 0 heterocycles. The van der Waals surface area contributed by atoms with E-state index in [-0.39, 0.29) is 17.6 Å². The maximum Gasteiger partial charge on any atom is 0.432 e.